The van der Waals surface area contributed by atoms with E-state index in [1.807, 2.05) is 53.7 Å². The Balaban J connectivity index is 1.77. The van der Waals surface area contributed by atoms with E-state index in [0.717, 1.165) is 21.5 Å². The molecule has 8 nitrogen and oxygen atoms in total. The minimum atomic E-state index is -0.968. The fourth-order valence-corrected chi connectivity index (χ4v) is 5.78. The van der Waals surface area contributed by atoms with Gasteiger partial charge in [0, 0.05) is 31.6 Å². The quantitative estimate of drug-likeness (QED) is 0.328. The molecule has 3 rings (SSSR count). The van der Waals surface area contributed by atoms with Crippen LogP contribution in [0.3, 0.4) is 0 Å². The van der Waals surface area contributed by atoms with Crippen molar-refractivity contribution in [3.05, 3.63) is 44.4 Å². The van der Waals surface area contributed by atoms with Crippen LogP contribution in [0.4, 0.5) is 4.79 Å². The van der Waals surface area contributed by atoms with Gasteiger partial charge in [0.05, 0.1) is 19.8 Å². The Bertz CT molecular complexity index is 1100. The van der Waals surface area contributed by atoms with Gasteiger partial charge in [-0.2, -0.15) is 0 Å². The van der Waals surface area contributed by atoms with Crippen molar-refractivity contribution >= 4 is 45.1 Å². The normalized spacial score (nSPS) is 24.5. The molecule has 0 saturated carbocycles. The highest BCUT2D eigenvalue weighted by atomic mass is 79.9. The van der Waals surface area contributed by atoms with Crippen molar-refractivity contribution in [1.29, 1.82) is 0 Å². The number of carbonyl (C=O) groups is 2. The summed E-state index contributed by atoms with van der Waals surface area (Å²) in [5.41, 5.74) is -1.81. The second-order valence-corrected chi connectivity index (χ2v) is 13.4. The number of aliphatic hydroxyl groups is 1. The summed E-state index contributed by atoms with van der Waals surface area (Å²) < 4.78 is 6.49. The van der Waals surface area contributed by atoms with Crippen molar-refractivity contribution < 1.29 is 19.4 Å². The maximum Gasteiger partial charge on any atom is 0.410 e. The number of nitrogens with zero attached hydrogens (tertiary/aromatic N) is 2. The number of piperidine rings is 1. The summed E-state index contributed by atoms with van der Waals surface area (Å²) in [5, 5.41) is 17.3. The van der Waals surface area contributed by atoms with Crippen molar-refractivity contribution in [2.24, 2.45) is 15.8 Å². The van der Waals surface area contributed by atoms with Gasteiger partial charge >= 0.3 is 6.09 Å². The van der Waals surface area contributed by atoms with Crippen LogP contribution in [0.25, 0.3) is 0 Å². The van der Waals surface area contributed by atoms with Crippen molar-refractivity contribution in [2.45, 2.75) is 66.0 Å². The Hall–Kier alpha value is -2.33. The van der Waals surface area contributed by atoms with Crippen LogP contribution in [0.1, 0.15) is 59.3 Å². The van der Waals surface area contributed by atoms with Crippen molar-refractivity contribution in [3.8, 4) is 0 Å². The van der Waals surface area contributed by atoms with Gasteiger partial charge in [-0.05, 0) is 74.7 Å². The number of rotatable bonds is 4. The van der Waals surface area contributed by atoms with E-state index in [9.17, 15) is 14.7 Å². The molecule has 1 aliphatic carbocycles. The molecule has 2 amide bonds. The molecule has 2 aliphatic rings. The number of hydrogen-bond acceptors (Lipinski definition) is 6. The number of nitrogens with one attached hydrogen (secondary N) is 2. The summed E-state index contributed by atoms with van der Waals surface area (Å²) >= 11 is 5.00. The van der Waals surface area contributed by atoms with Gasteiger partial charge in [-0.25, -0.2) is 4.79 Å². The number of halogens is 1. The zero-order valence-electron chi connectivity index (χ0n) is 22.1. The molecule has 0 radical (unpaired) electrons. The highest BCUT2D eigenvalue weighted by molar-refractivity contribution is 9.11. The number of allylic oxidation sites excluding steroid dienone is 2. The lowest BCUT2D eigenvalue weighted by atomic mass is 9.61. The van der Waals surface area contributed by atoms with Crippen LogP contribution < -0.4 is 10.6 Å². The highest BCUT2D eigenvalue weighted by Gasteiger charge is 2.51. The van der Waals surface area contributed by atoms with Crippen LogP contribution in [0.15, 0.2) is 44.5 Å². The van der Waals surface area contributed by atoms with E-state index in [1.54, 1.807) is 24.1 Å². The fourth-order valence-electron chi connectivity index (χ4n) is 4.41. The number of amidine groups is 1. The van der Waals surface area contributed by atoms with Gasteiger partial charge in [-0.3, -0.25) is 9.79 Å². The first-order valence-corrected chi connectivity index (χ1v) is 13.7. The largest absolute Gasteiger partial charge is 0.506 e. The summed E-state index contributed by atoms with van der Waals surface area (Å²) in [6.07, 6.45) is 4.51. The lowest BCUT2D eigenvalue weighted by molar-refractivity contribution is -0.133. The minimum Gasteiger partial charge on any atom is -0.506 e. The average Bonchev–Trinajstić information content (AvgIpc) is 3.21. The maximum absolute atomic E-state index is 13.7. The number of aliphatic hydroxyl groups excluding tert-OH is 1. The Morgan fingerprint density at radius 1 is 1.28 bits per heavy atom. The smallest absolute Gasteiger partial charge is 0.410 e. The number of amides is 2. The molecule has 10 heteroatoms. The zero-order valence-corrected chi connectivity index (χ0v) is 24.5. The molecule has 36 heavy (non-hydrogen) atoms. The molecule has 0 spiro atoms. The molecule has 2 heterocycles. The lowest BCUT2D eigenvalue weighted by Crippen LogP contribution is -2.57. The minimum absolute atomic E-state index is 0.0656. The Kier molecular flexibility index (Phi) is 8.30. The molecule has 0 bridgehead atoms. The van der Waals surface area contributed by atoms with Gasteiger partial charge in [0.25, 0.3) is 0 Å². The molecule has 1 aromatic rings. The molecule has 1 aromatic heterocycles. The van der Waals surface area contributed by atoms with Gasteiger partial charge < -0.3 is 25.4 Å². The third-order valence-corrected chi connectivity index (χ3v) is 8.54. The van der Waals surface area contributed by atoms with Gasteiger partial charge in [0.15, 0.2) is 0 Å². The van der Waals surface area contributed by atoms with Crippen LogP contribution in [0, 0.1) is 10.8 Å². The summed E-state index contributed by atoms with van der Waals surface area (Å²) in [4.78, 5) is 33.2. The molecule has 1 unspecified atom stereocenters. The van der Waals surface area contributed by atoms with E-state index in [2.05, 4.69) is 31.6 Å². The molecule has 1 fully saturated rings. The monoisotopic (exact) mass is 580 g/mol. The molecule has 198 valence electrons. The number of ether oxygens (including phenoxy) is 1. The lowest BCUT2D eigenvalue weighted by Gasteiger charge is -2.46. The van der Waals surface area contributed by atoms with E-state index in [-0.39, 0.29) is 23.8 Å². The fraction of sp³-hybridized carbons (Fsp3) is 0.577. The number of likely N-dealkylation sites (tertiary alicyclic amines) is 1. The Labute approximate surface area is 226 Å². The van der Waals surface area contributed by atoms with Gasteiger partial charge in [0.1, 0.15) is 17.2 Å². The molecular weight excluding hydrogens is 544 g/mol. The number of aliphatic imine (C=N–C) groups is 1. The van der Waals surface area contributed by atoms with Crippen LogP contribution >= 0.6 is 27.3 Å². The summed E-state index contributed by atoms with van der Waals surface area (Å²) in [5.74, 6) is 0.509. The third-order valence-electron chi connectivity index (χ3n) is 6.91. The van der Waals surface area contributed by atoms with E-state index < -0.39 is 16.4 Å². The van der Waals surface area contributed by atoms with E-state index in [4.69, 9.17) is 4.74 Å². The highest BCUT2D eigenvalue weighted by Crippen LogP contribution is 2.49. The van der Waals surface area contributed by atoms with Gasteiger partial charge in [-0.15, -0.1) is 11.3 Å². The Morgan fingerprint density at radius 3 is 2.56 bits per heavy atom. The van der Waals surface area contributed by atoms with E-state index in [0.29, 0.717) is 24.6 Å². The molecular formula is C26H37BrN4O4S. The topological polar surface area (TPSA) is 103 Å². The standard InChI is InChI=1S/C26H37BrN4O4S/c1-24(2,3)35-23(34)31-14-8-9-16(15-31)29-22(33)26(6)13-12-17(32)20(25(26,4)5)30-21(28-7)18-10-11-19(27)36-18/h10-13,16,32H,8-9,14-15H2,1-7H3,(H,28,30)(H,29,33)/t16-,26?/m0/s1. The summed E-state index contributed by atoms with van der Waals surface area (Å²) in [6, 6.07) is 3.69. The van der Waals surface area contributed by atoms with Crippen molar-refractivity contribution in [3.63, 3.8) is 0 Å². The number of hydrogen-bond donors (Lipinski definition) is 3. The van der Waals surface area contributed by atoms with Crippen molar-refractivity contribution in [2.75, 3.05) is 20.1 Å². The molecule has 0 aromatic carbocycles. The first kappa shape index (κ1) is 28.2. The SMILES string of the molecule is C/N=C(\NC1=C(O)C=CC(C)(C(=O)N[C@H]2CCCN(C(=O)OC(C)(C)C)C2)C1(C)C)c1ccc(Br)s1. The zero-order chi connectivity index (χ0) is 26.9. The Morgan fingerprint density at radius 2 is 1.97 bits per heavy atom. The molecule has 3 N–H and O–H groups in total. The molecule has 1 saturated heterocycles. The van der Waals surface area contributed by atoms with Crippen LogP contribution in [0.5, 0.6) is 0 Å². The van der Waals surface area contributed by atoms with Gasteiger partial charge in [-0.1, -0.05) is 19.9 Å². The number of carbonyl (C=O) groups excluding carboxylic acids is 2. The number of thiophene rings is 1. The van der Waals surface area contributed by atoms with E-state index in [1.165, 1.54) is 11.3 Å². The summed E-state index contributed by atoms with van der Waals surface area (Å²) in [7, 11) is 1.69. The van der Waals surface area contributed by atoms with Gasteiger partial charge in [0.2, 0.25) is 5.91 Å². The second-order valence-electron chi connectivity index (χ2n) is 11.0. The first-order chi connectivity index (χ1) is 16.7. The van der Waals surface area contributed by atoms with Crippen LogP contribution in [-0.2, 0) is 9.53 Å². The predicted octanol–water partition coefficient (Wildman–Crippen LogP) is 5.36. The van der Waals surface area contributed by atoms with E-state index >= 15 is 0 Å². The van der Waals surface area contributed by atoms with Crippen molar-refractivity contribution in [1.82, 2.24) is 15.5 Å². The third kappa shape index (κ3) is 5.96. The molecule has 1 aliphatic heterocycles. The maximum atomic E-state index is 13.7. The first-order valence-electron chi connectivity index (χ1n) is 12.1. The second kappa shape index (κ2) is 10.6. The van der Waals surface area contributed by atoms with Crippen LogP contribution in [-0.4, -0.2) is 59.6 Å². The predicted molar refractivity (Wildman–Crippen MR) is 147 cm³/mol. The molecule has 2 atom stereocenters. The summed E-state index contributed by atoms with van der Waals surface area (Å²) in [6.45, 7) is 12.2. The average molecular weight is 582 g/mol. The van der Waals surface area contributed by atoms with Crippen LogP contribution in [0.2, 0.25) is 0 Å².